The van der Waals surface area contributed by atoms with Gasteiger partial charge in [-0.3, -0.25) is 9.59 Å². The Labute approximate surface area is 127 Å². The first kappa shape index (κ1) is 17.7. The molecule has 0 saturated carbocycles. The third kappa shape index (κ3) is 4.06. The summed E-state index contributed by atoms with van der Waals surface area (Å²) >= 11 is 0. The molecule has 2 aliphatic rings. The fourth-order valence-corrected chi connectivity index (χ4v) is 2.76. The fraction of sp³-hybridized carbons (Fsp3) is 0.786. The van der Waals surface area contributed by atoms with E-state index >= 15 is 0 Å². The third-order valence-corrected chi connectivity index (χ3v) is 4.18. The highest BCUT2D eigenvalue weighted by Crippen LogP contribution is 2.28. The summed E-state index contributed by atoms with van der Waals surface area (Å²) in [5.74, 6) is 0.473. The van der Waals surface area contributed by atoms with Gasteiger partial charge in [0.15, 0.2) is 0 Å². The molecule has 21 heavy (non-hydrogen) atoms. The summed E-state index contributed by atoms with van der Waals surface area (Å²) in [6.45, 7) is 10.6. The summed E-state index contributed by atoms with van der Waals surface area (Å²) in [6.07, 6.45) is 1.63. The van der Waals surface area contributed by atoms with E-state index in [9.17, 15) is 14.4 Å². The molecule has 2 rings (SSSR count). The summed E-state index contributed by atoms with van der Waals surface area (Å²) in [4.78, 5) is 31.7. The highest BCUT2D eigenvalue weighted by molar-refractivity contribution is 6.64. The number of hydrogen-bond acceptors (Lipinski definition) is 4. The summed E-state index contributed by atoms with van der Waals surface area (Å²) in [5.41, 5.74) is -0.0767. The van der Waals surface area contributed by atoms with Crippen LogP contribution < -0.4 is 15.9 Å². The van der Waals surface area contributed by atoms with Crippen LogP contribution in [0.4, 0.5) is 0 Å². The van der Waals surface area contributed by atoms with Crippen molar-refractivity contribution in [3.63, 3.8) is 0 Å². The first-order chi connectivity index (χ1) is 9.65. The van der Waals surface area contributed by atoms with Crippen LogP contribution in [0, 0.1) is 11.8 Å². The topological polar surface area (TPSA) is 87.3 Å². The van der Waals surface area contributed by atoms with Crippen LogP contribution in [-0.2, 0) is 14.4 Å². The van der Waals surface area contributed by atoms with Gasteiger partial charge in [0.2, 0.25) is 11.8 Å². The molecule has 0 unspecified atom stereocenters. The van der Waals surface area contributed by atoms with Gasteiger partial charge < -0.3 is 20.7 Å². The number of nitrogens with one attached hydrogen (secondary N) is 3. The summed E-state index contributed by atoms with van der Waals surface area (Å²) < 4.78 is 0. The van der Waals surface area contributed by atoms with E-state index in [1.165, 1.54) is 7.41 Å². The average molecular weight is 294 g/mol. The molecule has 2 aliphatic heterocycles. The van der Waals surface area contributed by atoms with Crippen molar-refractivity contribution in [3.05, 3.63) is 0 Å². The molecule has 2 amide bonds. The minimum Gasteiger partial charge on any atom is -0.353 e. The maximum atomic E-state index is 11.0. The van der Waals surface area contributed by atoms with E-state index in [4.69, 9.17) is 0 Å². The predicted octanol–water partition coefficient (Wildman–Crippen LogP) is -0.169. The van der Waals surface area contributed by atoms with Gasteiger partial charge in [-0.25, -0.2) is 0 Å². The Hall–Kier alpha value is -1.37. The quantitative estimate of drug-likeness (QED) is 0.284. The van der Waals surface area contributed by atoms with Crippen molar-refractivity contribution in [3.8, 4) is 0 Å². The van der Waals surface area contributed by atoms with Crippen LogP contribution in [0.5, 0.6) is 0 Å². The zero-order chi connectivity index (χ0) is 16.3. The van der Waals surface area contributed by atoms with Gasteiger partial charge in [-0.05, 0) is 40.7 Å². The van der Waals surface area contributed by atoms with Crippen LogP contribution in [0.15, 0.2) is 0 Å². The van der Waals surface area contributed by atoms with Crippen molar-refractivity contribution < 1.29 is 14.4 Å². The van der Waals surface area contributed by atoms with Gasteiger partial charge in [0, 0.05) is 11.1 Å². The van der Waals surface area contributed by atoms with E-state index in [0.29, 0.717) is 12.7 Å². The number of rotatable bonds is 5. The Morgan fingerprint density at radius 2 is 1.57 bits per heavy atom. The average Bonchev–Trinajstić information content (AvgIpc) is 2.34. The SMILES string of the molecule is CC1(C)NC(=O)[C@@H]1CN[B]C=O.CC[C@H]1C(=O)NC1(C)C. The fourth-order valence-electron chi connectivity index (χ4n) is 2.76. The van der Waals surface area contributed by atoms with E-state index in [1.54, 1.807) is 0 Å². The molecule has 2 heterocycles. The van der Waals surface area contributed by atoms with Gasteiger partial charge in [0.05, 0.1) is 18.0 Å². The van der Waals surface area contributed by atoms with E-state index in [1.807, 2.05) is 20.8 Å². The Bertz CT molecular complexity index is 424. The standard InChI is InChI=1S/C7H12BN2O2.C7H13NO/c1-7(2)5(6(12)10-7)3-9-8-4-11;1-4-5-6(9)8-7(5,2)3/h4-5,9H,3H2,1-2H3,(H,10,12);5H,4H2,1-3H3,(H,8,9)/t2*5-/m00/s1. The molecule has 2 atom stereocenters. The third-order valence-electron chi connectivity index (χ3n) is 4.18. The Balaban J connectivity index is 0.000000219. The lowest BCUT2D eigenvalue weighted by molar-refractivity contribution is -0.140. The van der Waals surface area contributed by atoms with Gasteiger partial charge in [-0.15, -0.1) is 0 Å². The van der Waals surface area contributed by atoms with Crippen LogP contribution >= 0.6 is 0 Å². The van der Waals surface area contributed by atoms with Crippen molar-refractivity contribution in [1.29, 1.82) is 0 Å². The second-order valence-corrected chi connectivity index (χ2v) is 6.65. The minimum absolute atomic E-state index is 0.0336. The molecule has 0 aliphatic carbocycles. The number of amides is 2. The predicted molar refractivity (Wildman–Crippen MR) is 82.2 cm³/mol. The Morgan fingerprint density at radius 1 is 1.10 bits per heavy atom. The van der Waals surface area contributed by atoms with Crippen molar-refractivity contribution in [2.45, 2.75) is 52.1 Å². The number of hydrogen-bond donors (Lipinski definition) is 3. The molecule has 0 spiro atoms. The largest absolute Gasteiger partial charge is 0.353 e. The number of carbonyl (C=O) groups is 3. The van der Waals surface area contributed by atoms with Gasteiger partial charge in [-0.1, -0.05) is 6.92 Å². The smallest absolute Gasteiger partial charge is 0.290 e. The van der Waals surface area contributed by atoms with Crippen LogP contribution in [0.1, 0.15) is 41.0 Å². The van der Waals surface area contributed by atoms with E-state index in [2.05, 4.69) is 29.7 Å². The van der Waals surface area contributed by atoms with Gasteiger partial charge >= 0.3 is 0 Å². The van der Waals surface area contributed by atoms with Crippen molar-refractivity contribution in [2.24, 2.45) is 11.8 Å². The lowest BCUT2D eigenvalue weighted by atomic mass is 9.77. The molecule has 0 aromatic rings. The van der Waals surface area contributed by atoms with E-state index in [0.717, 1.165) is 6.42 Å². The number of β-lactam (4-membered cyclic amide) rings is 2. The highest BCUT2D eigenvalue weighted by atomic mass is 16.2. The first-order valence-electron chi connectivity index (χ1n) is 7.30. The zero-order valence-electron chi connectivity index (χ0n) is 13.4. The van der Waals surface area contributed by atoms with Crippen LogP contribution in [0.3, 0.4) is 0 Å². The second kappa shape index (κ2) is 6.60. The second-order valence-electron chi connectivity index (χ2n) is 6.65. The number of carbonyl (C=O) groups excluding carboxylic acids is 3. The van der Waals surface area contributed by atoms with Crippen LogP contribution in [0.25, 0.3) is 0 Å². The molecule has 0 aromatic carbocycles. The van der Waals surface area contributed by atoms with E-state index in [-0.39, 0.29) is 34.7 Å². The monoisotopic (exact) mass is 294 g/mol. The molecule has 117 valence electrons. The van der Waals surface area contributed by atoms with Crippen molar-refractivity contribution in [1.82, 2.24) is 15.9 Å². The van der Waals surface area contributed by atoms with Crippen molar-refractivity contribution in [2.75, 3.05) is 6.54 Å². The van der Waals surface area contributed by atoms with Crippen LogP contribution in [0.2, 0.25) is 0 Å². The molecule has 1 radical (unpaired) electrons. The Morgan fingerprint density at radius 3 is 1.81 bits per heavy atom. The normalized spacial score (nSPS) is 27.9. The van der Waals surface area contributed by atoms with E-state index < -0.39 is 0 Å². The molecule has 2 fully saturated rings. The molecule has 3 N–H and O–H groups in total. The Kier molecular flexibility index (Phi) is 5.56. The molecular weight excluding hydrogens is 269 g/mol. The molecule has 7 heteroatoms. The van der Waals surface area contributed by atoms with Gasteiger partial charge in [0.1, 0.15) is 0 Å². The maximum Gasteiger partial charge on any atom is 0.290 e. The van der Waals surface area contributed by atoms with Crippen molar-refractivity contribution >= 4 is 25.4 Å². The molecule has 0 aromatic heterocycles. The molecule has 2 saturated heterocycles. The minimum atomic E-state index is -0.138. The highest BCUT2D eigenvalue weighted by Gasteiger charge is 2.45. The lowest BCUT2D eigenvalue weighted by Gasteiger charge is -2.44. The van der Waals surface area contributed by atoms with Gasteiger partial charge in [-0.2, -0.15) is 0 Å². The molecule has 0 bridgehead atoms. The molecule has 6 nitrogen and oxygen atoms in total. The summed E-state index contributed by atoms with van der Waals surface area (Å²) in [6, 6.07) is 0. The lowest BCUT2D eigenvalue weighted by Crippen LogP contribution is -2.68. The molecular formula is C14H25BN3O3. The first-order valence-corrected chi connectivity index (χ1v) is 7.30. The van der Waals surface area contributed by atoms with Crippen LogP contribution in [-0.4, -0.2) is 43.0 Å². The van der Waals surface area contributed by atoms with Gasteiger partial charge in [0.25, 0.3) is 7.41 Å². The summed E-state index contributed by atoms with van der Waals surface area (Å²) in [7, 11) is 1.31. The summed E-state index contributed by atoms with van der Waals surface area (Å²) in [5, 5.41) is 8.39. The zero-order valence-corrected chi connectivity index (χ0v) is 13.4. The maximum absolute atomic E-state index is 11.0.